The van der Waals surface area contributed by atoms with Gasteiger partial charge in [-0.15, -0.1) is 0 Å². The zero-order chi connectivity index (χ0) is 13.9. The Morgan fingerprint density at radius 3 is 2.65 bits per heavy atom. The van der Waals surface area contributed by atoms with Crippen LogP contribution in [0.4, 0.5) is 5.69 Å². The van der Waals surface area contributed by atoms with Crippen molar-refractivity contribution in [2.24, 2.45) is 0 Å². The van der Waals surface area contributed by atoms with Crippen molar-refractivity contribution >= 4 is 16.6 Å². The second-order valence-corrected chi connectivity index (χ2v) is 4.34. The number of aromatic nitrogens is 1. The van der Waals surface area contributed by atoms with Crippen LogP contribution in [0.3, 0.4) is 0 Å². The Hall–Kier alpha value is -2.75. The lowest BCUT2D eigenvalue weighted by Crippen LogP contribution is -1.93. The number of ether oxygens (including phenoxy) is 2. The molecule has 0 unspecified atom stereocenters. The van der Waals surface area contributed by atoms with E-state index in [-0.39, 0.29) is 0 Å². The zero-order valence-corrected chi connectivity index (χ0v) is 11.0. The van der Waals surface area contributed by atoms with Crippen LogP contribution in [0.2, 0.25) is 0 Å². The Kier molecular flexibility index (Phi) is 3.13. The van der Waals surface area contributed by atoms with Gasteiger partial charge in [0.1, 0.15) is 5.75 Å². The molecule has 0 fully saturated rings. The minimum Gasteiger partial charge on any atom is -0.493 e. The fourth-order valence-corrected chi connectivity index (χ4v) is 2.05. The van der Waals surface area contributed by atoms with Crippen LogP contribution >= 0.6 is 0 Å². The standard InChI is InChI=1S/C16H14N2O2/c1-19-16-10-11(17)6-7-15(16)20-14-8-9-18-13-5-3-2-4-12(13)14/h2-10H,17H2,1H3. The molecule has 0 radical (unpaired) electrons. The van der Waals surface area contributed by atoms with Crippen LogP contribution in [0, 0.1) is 0 Å². The Morgan fingerprint density at radius 1 is 0.950 bits per heavy atom. The van der Waals surface area contributed by atoms with E-state index in [0.29, 0.717) is 17.2 Å². The van der Waals surface area contributed by atoms with Crippen molar-refractivity contribution in [2.45, 2.75) is 0 Å². The summed E-state index contributed by atoms with van der Waals surface area (Å²) >= 11 is 0. The number of anilines is 1. The van der Waals surface area contributed by atoms with Crippen molar-refractivity contribution in [1.82, 2.24) is 4.98 Å². The molecule has 20 heavy (non-hydrogen) atoms. The molecule has 3 rings (SSSR count). The first kappa shape index (κ1) is 12.3. The molecule has 2 aromatic carbocycles. The minimum atomic E-state index is 0.603. The van der Waals surface area contributed by atoms with E-state index in [2.05, 4.69) is 4.98 Å². The fraction of sp³-hybridized carbons (Fsp3) is 0.0625. The van der Waals surface area contributed by atoms with Crippen LogP contribution in [-0.4, -0.2) is 12.1 Å². The Balaban J connectivity index is 2.05. The van der Waals surface area contributed by atoms with Crippen molar-refractivity contribution in [1.29, 1.82) is 0 Å². The Labute approximate surface area is 116 Å². The van der Waals surface area contributed by atoms with Crippen molar-refractivity contribution in [3.05, 3.63) is 54.7 Å². The molecule has 1 aromatic heterocycles. The van der Waals surface area contributed by atoms with Crippen molar-refractivity contribution in [3.8, 4) is 17.2 Å². The monoisotopic (exact) mass is 266 g/mol. The molecule has 0 spiro atoms. The molecule has 0 aliphatic rings. The average Bonchev–Trinajstić information content (AvgIpc) is 2.49. The molecule has 4 nitrogen and oxygen atoms in total. The second kappa shape index (κ2) is 5.09. The maximum absolute atomic E-state index is 5.95. The fourth-order valence-electron chi connectivity index (χ4n) is 2.05. The molecule has 0 bridgehead atoms. The summed E-state index contributed by atoms with van der Waals surface area (Å²) in [6.07, 6.45) is 1.72. The van der Waals surface area contributed by atoms with Gasteiger partial charge in [-0.2, -0.15) is 0 Å². The predicted octanol–water partition coefficient (Wildman–Crippen LogP) is 3.62. The van der Waals surface area contributed by atoms with E-state index in [0.717, 1.165) is 16.7 Å². The number of methoxy groups -OCH3 is 1. The van der Waals surface area contributed by atoms with Crippen LogP contribution < -0.4 is 15.2 Å². The number of nitrogen functional groups attached to an aromatic ring is 1. The Bertz CT molecular complexity index is 751. The maximum Gasteiger partial charge on any atom is 0.169 e. The van der Waals surface area contributed by atoms with Gasteiger partial charge >= 0.3 is 0 Å². The normalized spacial score (nSPS) is 10.4. The highest BCUT2D eigenvalue weighted by atomic mass is 16.5. The molecule has 2 N–H and O–H groups in total. The van der Waals surface area contributed by atoms with Gasteiger partial charge in [0.05, 0.1) is 12.6 Å². The van der Waals surface area contributed by atoms with E-state index in [9.17, 15) is 0 Å². The van der Waals surface area contributed by atoms with Crippen LogP contribution in [0.5, 0.6) is 17.2 Å². The molecular formula is C16H14N2O2. The van der Waals surface area contributed by atoms with Crippen molar-refractivity contribution in [3.63, 3.8) is 0 Å². The van der Waals surface area contributed by atoms with Gasteiger partial charge in [0.2, 0.25) is 0 Å². The van der Waals surface area contributed by atoms with E-state index < -0.39 is 0 Å². The Morgan fingerprint density at radius 2 is 1.80 bits per heavy atom. The van der Waals surface area contributed by atoms with E-state index in [4.69, 9.17) is 15.2 Å². The van der Waals surface area contributed by atoms with E-state index in [1.165, 1.54) is 0 Å². The van der Waals surface area contributed by atoms with Gasteiger partial charge in [0.25, 0.3) is 0 Å². The van der Waals surface area contributed by atoms with Crippen molar-refractivity contribution in [2.75, 3.05) is 12.8 Å². The third kappa shape index (κ3) is 2.23. The van der Waals surface area contributed by atoms with Gasteiger partial charge in [-0.05, 0) is 30.3 Å². The highest BCUT2D eigenvalue weighted by Crippen LogP contribution is 2.35. The number of rotatable bonds is 3. The van der Waals surface area contributed by atoms with Crippen LogP contribution in [0.25, 0.3) is 10.9 Å². The van der Waals surface area contributed by atoms with Gasteiger partial charge in [-0.25, -0.2) is 0 Å². The van der Waals surface area contributed by atoms with Crippen LogP contribution in [0.1, 0.15) is 0 Å². The first-order valence-corrected chi connectivity index (χ1v) is 6.23. The lowest BCUT2D eigenvalue weighted by molar-refractivity contribution is 0.380. The van der Waals surface area contributed by atoms with Crippen LogP contribution in [0.15, 0.2) is 54.7 Å². The summed E-state index contributed by atoms with van der Waals surface area (Å²) in [7, 11) is 1.59. The highest BCUT2D eigenvalue weighted by Gasteiger charge is 2.08. The quantitative estimate of drug-likeness (QED) is 0.736. The number of benzene rings is 2. The molecule has 4 heteroatoms. The molecule has 0 atom stereocenters. The number of pyridine rings is 1. The topological polar surface area (TPSA) is 57.4 Å². The summed E-state index contributed by atoms with van der Waals surface area (Å²) in [4.78, 5) is 4.31. The number of nitrogens with two attached hydrogens (primary N) is 1. The number of hydrogen-bond donors (Lipinski definition) is 1. The largest absolute Gasteiger partial charge is 0.493 e. The van der Waals surface area contributed by atoms with Gasteiger partial charge < -0.3 is 15.2 Å². The van der Waals surface area contributed by atoms with E-state index in [1.54, 1.807) is 31.5 Å². The van der Waals surface area contributed by atoms with Gasteiger partial charge in [0, 0.05) is 23.3 Å². The number of nitrogens with zero attached hydrogens (tertiary/aromatic N) is 1. The number of fused-ring (bicyclic) bond motifs is 1. The molecule has 0 amide bonds. The third-order valence-corrected chi connectivity index (χ3v) is 3.02. The lowest BCUT2D eigenvalue weighted by atomic mass is 10.2. The van der Waals surface area contributed by atoms with Gasteiger partial charge in [-0.3, -0.25) is 4.98 Å². The average molecular weight is 266 g/mol. The molecule has 0 saturated heterocycles. The van der Waals surface area contributed by atoms with Gasteiger partial charge in [-0.1, -0.05) is 12.1 Å². The summed E-state index contributed by atoms with van der Waals surface area (Å²) in [6, 6.07) is 15.0. The lowest BCUT2D eigenvalue weighted by Gasteiger charge is -2.12. The zero-order valence-electron chi connectivity index (χ0n) is 11.0. The van der Waals surface area contributed by atoms with Crippen LogP contribution in [-0.2, 0) is 0 Å². The molecule has 3 aromatic rings. The SMILES string of the molecule is COc1cc(N)ccc1Oc1ccnc2ccccc12. The maximum atomic E-state index is 5.95. The smallest absolute Gasteiger partial charge is 0.169 e. The first-order chi connectivity index (χ1) is 9.78. The summed E-state index contributed by atoms with van der Waals surface area (Å²) in [5.41, 5.74) is 7.26. The van der Waals surface area contributed by atoms with E-state index >= 15 is 0 Å². The minimum absolute atomic E-state index is 0.603. The summed E-state index contributed by atoms with van der Waals surface area (Å²) in [6.45, 7) is 0. The molecule has 100 valence electrons. The van der Waals surface area contributed by atoms with E-state index in [1.807, 2.05) is 30.3 Å². The van der Waals surface area contributed by atoms with Gasteiger partial charge in [0.15, 0.2) is 11.5 Å². The molecule has 1 heterocycles. The highest BCUT2D eigenvalue weighted by molar-refractivity contribution is 5.85. The first-order valence-electron chi connectivity index (χ1n) is 6.23. The summed E-state index contributed by atoms with van der Waals surface area (Å²) < 4.78 is 11.2. The molecule has 0 aliphatic heterocycles. The predicted molar refractivity (Wildman–Crippen MR) is 79.2 cm³/mol. The second-order valence-electron chi connectivity index (χ2n) is 4.34. The molecule has 0 aliphatic carbocycles. The number of para-hydroxylation sites is 1. The molecule has 0 saturated carbocycles. The number of hydrogen-bond acceptors (Lipinski definition) is 4. The molecular weight excluding hydrogens is 252 g/mol. The summed E-state index contributed by atoms with van der Waals surface area (Å²) in [5.74, 6) is 1.96. The third-order valence-electron chi connectivity index (χ3n) is 3.02. The summed E-state index contributed by atoms with van der Waals surface area (Å²) in [5, 5.41) is 0.953. The van der Waals surface area contributed by atoms with Crippen molar-refractivity contribution < 1.29 is 9.47 Å².